The number of aromatic nitrogens is 2. The van der Waals surface area contributed by atoms with Crippen molar-refractivity contribution in [2.75, 3.05) is 0 Å². The van der Waals surface area contributed by atoms with Crippen LogP contribution in [0.4, 0.5) is 0 Å². The van der Waals surface area contributed by atoms with Gasteiger partial charge < -0.3 is 0 Å². The average Bonchev–Trinajstić information content (AvgIpc) is 2.73. The highest BCUT2D eigenvalue weighted by molar-refractivity contribution is 4.83. The molecule has 0 atom stereocenters. The number of nitrogens with zero attached hydrogens (tertiary/aromatic N) is 2. The zero-order chi connectivity index (χ0) is 13.2. The molecule has 0 unspecified atom stereocenters. The summed E-state index contributed by atoms with van der Waals surface area (Å²) in [5.41, 5.74) is 0. The monoisotopic (exact) mass is 251 g/mol. The van der Waals surface area contributed by atoms with E-state index in [0.717, 1.165) is 6.54 Å². The number of unbranched alkanes of at least 4 members (excludes halogenated alkanes) is 7. The molecule has 18 heavy (non-hydrogen) atoms. The maximum atomic E-state index is 2.36. The van der Waals surface area contributed by atoms with Crippen molar-refractivity contribution >= 4 is 0 Å². The highest BCUT2D eigenvalue weighted by atomic mass is 15.1. The summed E-state index contributed by atoms with van der Waals surface area (Å²) in [7, 11) is 2.16. The van der Waals surface area contributed by atoms with Gasteiger partial charge in [-0.05, 0) is 13.3 Å². The molecular formula is C16H31N2+. The van der Waals surface area contributed by atoms with Crippen molar-refractivity contribution in [2.24, 2.45) is 7.05 Å². The van der Waals surface area contributed by atoms with Gasteiger partial charge in [0.05, 0.1) is 13.6 Å². The summed E-state index contributed by atoms with van der Waals surface area (Å²) in [5, 5.41) is 0. The Balaban J connectivity index is 2.08. The molecule has 104 valence electrons. The second kappa shape index (κ2) is 9.18. The lowest BCUT2D eigenvalue weighted by molar-refractivity contribution is -0.678. The summed E-state index contributed by atoms with van der Waals surface area (Å²) in [6.07, 6.45) is 16.8. The largest absolute Gasteiger partial charge is 0.256 e. The van der Waals surface area contributed by atoms with Crippen molar-refractivity contribution in [3.63, 3.8) is 0 Å². The van der Waals surface area contributed by atoms with Gasteiger partial charge in [0.25, 0.3) is 5.82 Å². The molecule has 1 heterocycles. The molecule has 0 aliphatic rings. The van der Waals surface area contributed by atoms with Gasteiger partial charge in [-0.25, -0.2) is 9.13 Å². The second-order valence-electron chi connectivity index (χ2n) is 5.34. The van der Waals surface area contributed by atoms with E-state index in [1.807, 2.05) is 0 Å². The topological polar surface area (TPSA) is 8.81 Å². The maximum absolute atomic E-state index is 2.36. The van der Waals surface area contributed by atoms with Crippen LogP contribution >= 0.6 is 0 Å². The molecule has 0 saturated heterocycles. The van der Waals surface area contributed by atoms with Crippen molar-refractivity contribution in [3.05, 3.63) is 18.2 Å². The smallest absolute Gasteiger partial charge is 0.237 e. The molecule has 1 rings (SSSR count). The lowest BCUT2D eigenvalue weighted by atomic mass is 10.1. The van der Waals surface area contributed by atoms with E-state index < -0.39 is 0 Å². The number of hydrogen-bond acceptors (Lipinski definition) is 0. The Bertz CT molecular complexity index is 315. The fourth-order valence-electron chi connectivity index (χ4n) is 2.58. The van der Waals surface area contributed by atoms with E-state index in [2.05, 4.69) is 42.4 Å². The fraction of sp³-hybridized carbons (Fsp3) is 0.812. The average molecular weight is 251 g/mol. The molecule has 0 aromatic carbocycles. The predicted molar refractivity (Wildman–Crippen MR) is 77.6 cm³/mol. The number of aryl methyl sites for hydroxylation is 2. The zero-order valence-electron chi connectivity index (χ0n) is 12.6. The van der Waals surface area contributed by atoms with E-state index in [0.29, 0.717) is 0 Å². The highest BCUT2D eigenvalue weighted by Gasteiger charge is 2.11. The normalized spacial score (nSPS) is 11.1. The maximum Gasteiger partial charge on any atom is 0.256 e. The zero-order valence-corrected chi connectivity index (χ0v) is 12.6. The van der Waals surface area contributed by atoms with Gasteiger partial charge in [0.15, 0.2) is 0 Å². The Morgan fingerprint density at radius 1 is 0.944 bits per heavy atom. The van der Waals surface area contributed by atoms with E-state index >= 15 is 0 Å². The first-order chi connectivity index (χ1) is 8.79. The third kappa shape index (κ3) is 5.24. The van der Waals surface area contributed by atoms with Gasteiger partial charge in [-0.15, -0.1) is 0 Å². The molecule has 0 N–H and O–H groups in total. The first-order valence-corrected chi connectivity index (χ1v) is 7.83. The van der Waals surface area contributed by atoms with Gasteiger partial charge in [-0.2, -0.15) is 0 Å². The quantitative estimate of drug-likeness (QED) is 0.439. The van der Waals surface area contributed by atoms with Gasteiger partial charge in [-0.3, -0.25) is 0 Å². The van der Waals surface area contributed by atoms with Crippen molar-refractivity contribution < 1.29 is 4.57 Å². The van der Waals surface area contributed by atoms with Crippen LogP contribution in [0, 0.1) is 0 Å². The van der Waals surface area contributed by atoms with Crippen LogP contribution in [0.1, 0.15) is 71.0 Å². The van der Waals surface area contributed by atoms with E-state index in [-0.39, 0.29) is 0 Å². The summed E-state index contributed by atoms with van der Waals surface area (Å²) < 4.78 is 4.63. The van der Waals surface area contributed by atoms with Crippen LogP contribution < -0.4 is 4.57 Å². The summed E-state index contributed by atoms with van der Waals surface area (Å²) in [5.74, 6) is 1.48. The summed E-state index contributed by atoms with van der Waals surface area (Å²) in [4.78, 5) is 0. The first-order valence-electron chi connectivity index (χ1n) is 7.83. The van der Waals surface area contributed by atoms with Crippen LogP contribution in [0.2, 0.25) is 0 Å². The Morgan fingerprint density at radius 3 is 2.17 bits per heavy atom. The standard InChI is InChI=1S/C16H31N2/c1-4-6-7-8-9-10-11-12-13-16-17(3)14-15-18(16)5-2/h14-15H,4-13H2,1-3H3/q+1. The molecule has 2 heteroatoms. The van der Waals surface area contributed by atoms with Crippen LogP contribution in [-0.4, -0.2) is 4.57 Å². The Hall–Kier alpha value is -0.790. The van der Waals surface area contributed by atoms with E-state index in [1.165, 1.54) is 63.6 Å². The molecule has 0 amide bonds. The Kier molecular flexibility index (Phi) is 7.79. The number of hydrogen-bond donors (Lipinski definition) is 0. The van der Waals surface area contributed by atoms with Crippen LogP contribution in [-0.2, 0) is 20.0 Å². The molecule has 1 aromatic rings. The third-order valence-electron chi connectivity index (χ3n) is 3.80. The molecule has 0 bridgehead atoms. The summed E-state index contributed by atoms with van der Waals surface area (Å²) in [6, 6.07) is 0. The van der Waals surface area contributed by atoms with Crippen LogP contribution in [0.15, 0.2) is 12.4 Å². The minimum atomic E-state index is 1.09. The number of imidazole rings is 1. The molecular weight excluding hydrogens is 220 g/mol. The minimum absolute atomic E-state index is 1.09. The number of rotatable bonds is 10. The van der Waals surface area contributed by atoms with Crippen LogP contribution in [0.25, 0.3) is 0 Å². The van der Waals surface area contributed by atoms with Gasteiger partial charge in [0, 0.05) is 6.42 Å². The van der Waals surface area contributed by atoms with E-state index in [4.69, 9.17) is 0 Å². The minimum Gasteiger partial charge on any atom is -0.237 e. The fourth-order valence-corrected chi connectivity index (χ4v) is 2.58. The van der Waals surface area contributed by atoms with E-state index in [9.17, 15) is 0 Å². The summed E-state index contributed by atoms with van der Waals surface area (Å²) >= 11 is 0. The summed E-state index contributed by atoms with van der Waals surface area (Å²) in [6.45, 7) is 5.59. The molecule has 0 radical (unpaired) electrons. The van der Waals surface area contributed by atoms with Gasteiger partial charge in [0.2, 0.25) is 0 Å². The molecule has 0 aliphatic carbocycles. The Morgan fingerprint density at radius 2 is 1.56 bits per heavy atom. The Labute approximate surface area is 113 Å². The first kappa shape index (κ1) is 15.3. The van der Waals surface area contributed by atoms with Gasteiger partial charge >= 0.3 is 0 Å². The molecule has 0 fully saturated rings. The molecule has 0 spiro atoms. The third-order valence-corrected chi connectivity index (χ3v) is 3.80. The van der Waals surface area contributed by atoms with E-state index in [1.54, 1.807) is 0 Å². The van der Waals surface area contributed by atoms with Crippen molar-refractivity contribution in [1.29, 1.82) is 0 Å². The van der Waals surface area contributed by atoms with Crippen LogP contribution in [0.3, 0.4) is 0 Å². The highest BCUT2D eigenvalue weighted by Crippen LogP contribution is 2.10. The van der Waals surface area contributed by atoms with Crippen molar-refractivity contribution in [1.82, 2.24) is 4.57 Å². The van der Waals surface area contributed by atoms with Gasteiger partial charge in [0.1, 0.15) is 12.4 Å². The predicted octanol–water partition coefficient (Wildman–Crippen LogP) is 4.02. The molecule has 0 saturated carbocycles. The second-order valence-corrected chi connectivity index (χ2v) is 5.34. The van der Waals surface area contributed by atoms with Crippen LogP contribution in [0.5, 0.6) is 0 Å². The molecule has 1 aromatic heterocycles. The van der Waals surface area contributed by atoms with Crippen molar-refractivity contribution in [3.8, 4) is 0 Å². The molecule has 0 aliphatic heterocycles. The van der Waals surface area contributed by atoms with Crippen molar-refractivity contribution in [2.45, 2.75) is 78.2 Å². The van der Waals surface area contributed by atoms with Gasteiger partial charge in [-0.1, -0.05) is 51.9 Å². The lowest BCUT2D eigenvalue weighted by Gasteiger charge is -2.02. The molecule has 2 nitrogen and oxygen atoms in total. The SMILES string of the molecule is CCCCCCCCCCc1n(CC)cc[n+]1C. The lowest BCUT2D eigenvalue weighted by Crippen LogP contribution is -2.32.